The van der Waals surface area contributed by atoms with E-state index in [1.807, 2.05) is 0 Å². The fraction of sp³-hybridized carbons (Fsp3) is 0.263. The van der Waals surface area contributed by atoms with E-state index in [1.165, 1.54) is 24.3 Å². The summed E-state index contributed by atoms with van der Waals surface area (Å²) >= 11 is 0. The van der Waals surface area contributed by atoms with E-state index in [2.05, 4.69) is 0 Å². The summed E-state index contributed by atoms with van der Waals surface area (Å²) in [4.78, 5) is 24.0. The van der Waals surface area contributed by atoms with Gasteiger partial charge >= 0.3 is 12.1 Å². The Kier molecular flexibility index (Phi) is 5.34. The molecule has 1 aliphatic rings. The number of carbonyl (C=O) groups is 2. The van der Waals surface area contributed by atoms with Crippen molar-refractivity contribution in [3.05, 3.63) is 59.2 Å². The number of alkyl halides is 3. The van der Waals surface area contributed by atoms with E-state index < -0.39 is 30.1 Å². The molecular formula is C19H15F3O5. The zero-order valence-electron chi connectivity index (χ0n) is 14.0. The molecule has 2 aromatic rings. The van der Waals surface area contributed by atoms with Crippen LogP contribution in [-0.2, 0) is 22.1 Å². The summed E-state index contributed by atoms with van der Waals surface area (Å²) in [5.41, 5.74) is -0.409. The number of halogens is 3. The topological polar surface area (TPSA) is 61.8 Å². The van der Waals surface area contributed by atoms with Crippen molar-refractivity contribution in [2.75, 3.05) is 19.8 Å². The molecule has 142 valence electrons. The summed E-state index contributed by atoms with van der Waals surface area (Å²) in [5.74, 6) is -0.286. The molecule has 0 aromatic heterocycles. The van der Waals surface area contributed by atoms with Crippen molar-refractivity contribution in [1.29, 1.82) is 0 Å². The lowest BCUT2D eigenvalue weighted by Gasteiger charge is -2.18. The van der Waals surface area contributed by atoms with Crippen molar-refractivity contribution in [3.63, 3.8) is 0 Å². The van der Waals surface area contributed by atoms with Gasteiger partial charge in [0.05, 0.1) is 12.0 Å². The van der Waals surface area contributed by atoms with Crippen LogP contribution in [0.1, 0.15) is 21.5 Å². The number of hydrogen-bond donors (Lipinski definition) is 0. The molecule has 0 fully saturated rings. The molecule has 0 spiro atoms. The number of Topliss-reactive ketones (excluding diaryl/α,β-unsaturated/α-hetero) is 1. The van der Waals surface area contributed by atoms with E-state index in [1.54, 1.807) is 6.07 Å². The number of hydrogen-bond acceptors (Lipinski definition) is 5. The average molecular weight is 380 g/mol. The first-order chi connectivity index (χ1) is 12.8. The Balaban J connectivity index is 1.57. The number of carbonyl (C=O) groups excluding carboxylic acids is 2. The zero-order valence-corrected chi connectivity index (χ0v) is 14.0. The highest BCUT2D eigenvalue weighted by molar-refractivity contribution is 5.98. The maximum absolute atomic E-state index is 12.7. The van der Waals surface area contributed by atoms with Crippen molar-refractivity contribution in [2.24, 2.45) is 0 Å². The van der Waals surface area contributed by atoms with Crippen molar-refractivity contribution in [3.8, 4) is 11.5 Å². The fourth-order valence-corrected chi connectivity index (χ4v) is 2.52. The van der Waals surface area contributed by atoms with E-state index in [0.717, 1.165) is 12.1 Å². The smallest absolute Gasteiger partial charge is 0.416 e. The molecule has 0 aliphatic carbocycles. The van der Waals surface area contributed by atoms with Gasteiger partial charge in [-0.3, -0.25) is 9.59 Å². The van der Waals surface area contributed by atoms with Crippen LogP contribution in [0.4, 0.5) is 13.2 Å². The molecule has 0 bridgehead atoms. The molecule has 1 aliphatic heterocycles. The molecule has 0 radical (unpaired) electrons. The van der Waals surface area contributed by atoms with Crippen LogP contribution in [0.3, 0.4) is 0 Å². The molecule has 27 heavy (non-hydrogen) atoms. The third-order valence-corrected chi connectivity index (χ3v) is 3.83. The van der Waals surface area contributed by atoms with Crippen molar-refractivity contribution in [1.82, 2.24) is 0 Å². The minimum absolute atomic E-state index is 0.154. The lowest BCUT2D eigenvalue weighted by atomic mass is 10.1. The van der Waals surface area contributed by atoms with Crippen LogP contribution in [0.2, 0.25) is 0 Å². The minimum Gasteiger partial charge on any atom is -0.486 e. The van der Waals surface area contributed by atoms with Crippen LogP contribution in [0.15, 0.2) is 42.5 Å². The predicted octanol–water partition coefficient (Wildman–Crippen LogP) is 3.45. The number of fused-ring (bicyclic) bond motifs is 1. The summed E-state index contributed by atoms with van der Waals surface area (Å²) in [6, 6.07) is 9.01. The van der Waals surface area contributed by atoms with Crippen molar-refractivity contribution in [2.45, 2.75) is 12.6 Å². The van der Waals surface area contributed by atoms with Crippen molar-refractivity contribution >= 4 is 11.8 Å². The number of esters is 1. The molecule has 8 heteroatoms. The van der Waals surface area contributed by atoms with E-state index in [-0.39, 0.29) is 17.5 Å². The summed E-state index contributed by atoms with van der Waals surface area (Å²) in [7, 11) is 0. The molecule has 5 nitrogen and oxygen atoms in total. The molecule has 0 saturated carbocycles. The highest BCUT2D eigenvalue weighted by Crippen LogP contribution is 2.31. The molecule has 0 amide bonds. The monoisotopic (exact) mass is 380 g/mol. The summed E-state index contributed by atoms with van der Waals surface area (Å²) in [5, 5.41) is 0. The third-order valence-electron chi connectivity index (χ3n) is 3.83. The van der Waals surface area contributed by atoms with Gasteiger partial charge in [0.1, 0.15) is 13.2 Å². The van der Waals surface area contributed by atoms with Gasteiger partial charge in [0.15, 0.2) is 23.9 Å². The van der Waals surface area contributed by atoms with Crippen LogP contribution in [-0.4, -0.2) is 31.6 Å². The molecule has 0 saturated heterocycles. The first kappa shape index (κ1) is 18.8. The maximum atomic E-state index is 12.7. The van der Waals surface area contributed by atoms with E-state index in [4.69, 9.17) is 14.2 Å². The largest absolute Gasteiger partial charge is 0.486 e. The van der Waals surface area contributed by atoms with Gasteiger partial charge in [-0.25, -0.2) is 0 Å². The quantitative estimate of drug-likeness (QED) is 0.587. The number of ether oxygens (including phenoxy) is 3. The lowest BCUT2D eigenvalue weighted by molar-refractivity contribution is -0.142. The first-order valence-corrected chi connectivity index (χ1v) is 8.07. The summed E-state index contributed by atoms with van der Waals surface area (Å²) in [6.07, 6.45) is -4.85. The molecule has 3 rings (SSSR count). The van der Waals surface area contributed by atoms with Gasteiger partial charge in [-0.1, -0.05) is 18.2 Å². The molecule has 0 atom stereocenters. The minimum atomic E-state index is -4.49. The Morgan fingerprint density at radius 1 is 1.00 bits per heavy atom. The van der Waals surface area contributed by atoms with Crippen LogP contribution < -0.4 is 9.47 Å². The van der Waals surface area contributed by atoms with Crippen LogP contribution in [0, 0.1) is 0 Å². The molecule has 0 unspecified atom stereocenters. The molecule has 2 aromatic carbocycles. The first-order valence-electron chi connectivity index (χ1n) is 8.07. The van der Waals surface area contributed by atoms with Crippen LogP contribution in [0.25, 0.3) is 0 Å². The third kappa shape index (κ3) is 4.78. The molecule has 1 heterocycles. The number of benzene rings is 2. The van der Waals surface area contributed by atoms with E-state index in [9.17, 15) is 22.8 Å². The van der Waals surface area contributed by atoms with Gasteiger partial charge in [0.25, 0.3) is 0 Å². The zero-order chi connectivity index (χ0) is 19.4. The second kappa shape index (κ2) is 7.69. The SMILES string of the molecule is O=C(Cc1cccc(C(F)(F)F)c1)OCC(=O)c1ccc2c(c1)OCCO2. The molecular weight excluding hydrogens is 365 g/mol. The molecule has 0 N–H and O–H groups in total. The number of rotatable bonds is 5. The second-order valence-electron chi connectivity index (χ2n) is 5.82. The van der Waals surface area contributed by atoms with Crippen molar-refractivity contribution < 1.29 is 37.0 Å². The van der Waals surface area contributed by atoms with Gasteiger partial charge < -0.3 is 14.2 Å². The Morgan fingerprint density at radius 2 is 1.74 bits per heavy atom. The Morgan fingerprint density at radius 3 is 2.48 bits per heavy atom. The van der Waals surface area contributed by atoms with E-state index >= 15 is 0 Å². The summed E-state index contributed by atoms with van der Waals surface area (Å²) < 4.78 is 53.7. The maximum Gasteiger partial charge on any atom is 0.416 e. The van der Waals surface area contributed by atoms with Gasteiger partial charge in [-0.05, 0) is 29.8 Å². The van der Waals surface area contributed by atoms with Gasteiger partial charge in [-0.15, -0.1) is 0 Å². The van der Waals surface area contributed by atoms with Crippen LogP contribution in [0.5, 0.6) is 11.5 Å². The van der Waals surface area contributed by atoms with Crippen LogP contribution >= 0.6 is 0 Å². The van der Waals surface area contributed by atoms with E-state index in [0.29, 0.717) is 24.7 Å². The standard InChI is InChI=1S/C19H15F3O5/c20-19(21,22)14-3-1-2-12(8-14)9-18(24)27-11-15(23)13-4-5-16-17(10-13)26-7-6-25-16/h1-5,8,10H,6-7,9,11H2. The Bertz CT molecular complexity index is 861. The van der Waals surface area contributed by atoms with Gasteiger partial charge in [0, 0.05) is 5.56 Å². The Labute approximate surface area is 152 Å². The predicted molar refractivity (Wildman–Crippen MR) is 87.9 cm³/mol. The summed E-state index contributed by atoms with van der Waals surface area (Å²) in [6.45, 7) is 0.279. The highest BCUT2D eigenvalue weighted by atomic mass is 19.4. The Hall–Kier alpha value is -3.03. The van der Waals surface area contributed by atoms with Gasteiger partial charge in [-0.2, -0.15) is 13.2 Å². The second-order valence-corrected chi connectivity index (χ2v) is 5.82. The number of ketones is 1. The highest BCUT2D eigenvalue weighted by Gasteiger charge is 2.30. The fourth-order valence-electron chi connectivity index (χ4n) is 2.52. The average Bonchev–Trinajstić information content (AvgIpc) is 2.65. The normalized spacial score (nSPS) is 13.1. The van der Waals surface area contributed by atoms with Gasteiger partial charge in [0.2, 0.25) is 0 Å². The lowest BCUT2D eigenvalue weighted by Crippen LogP contribution is -2.18.